The van der Waals surface area contributed by atoms with Crippen LogP contribution in [0.25, 0.3) is 10.9 Å². The highest BCUT2D eigenvalue weighted by molar-refractivity contribution is 5.92. The van der Waals surface area contributed by atoms with Crippen LogP contribution < -0.4 is 10.6 Å². The maximum atomic E-state index is 3.47. The number of rotatable bonds is 4. The first-order valence-electron chi connectivity index (χ1n) is 6.43. The second kappa shape index (κ2) is 5.06. The predicted molar refractivity (Wildman–Crippen MR) is 81.6 cm³/mol. The molecular formula is C16H17N3. The van der Waals surface area contributed by atoms with Crippen LogP contribution in [0.15, 0.2) is 54.7 Å². The van der Waals surface area contributed by atoms with Crippen LogP contribution >= 0.6 is 0 Å². The fourth-order valence-corrected chi connectivity index (χ4v) is 2.20. The summed E-state index contributed by atoms with van der Waals surface area (Å²) in [7, 11) is 1.93. The van der Waals surface area contributed by atoms with Gasteiger partial charge < -0.3 is 15.6 Å². The van der Waals surface area contributed by atoms with Crippen LogP contribution in [0, 0.1) is 0 Å². The quantitative estimate of drug-likeness (QED) is 0.659. The van der Waals surface area contributed by atoms with Crippen molar-refractivity contribution in [3.05, 3.63) is 60.3 Å². The molecule has 3 heteroatoms. The lowest BCUT2D eigenvalue weighted by Crippen LogP contribution is -1.98. The number of anilines is 2. The van der Waals surface area contributed by atoms with Gasteiger partial charge in [0.05, 0.1) is 5.69 Å². The summed E-state index contributed by atoms with van der Waals surface area (Å²) in [5.74, 6) is 0. The molecule has 0 aliphatic carbocycles. The fourth-order valence-electron chi connectivity index (χ4n) is 2.20. The molecule has 0 saturated carbocycles. The minimum Gasteiger partial charge on any atom is -0.388 e. The van der Waals surface area contributed by atoms with Crippen LogP contribution in [0.5, 0.6) is 0 Å². The van der Waals surface area contributed by atoms with Crippen LogP contribution in [0.2, 0.25) is 0 Å². The number of fused-ring (bicyclic) bond motifs is 1. The molecule has 1 heterocycles. The van der Waals surface area contributed by atoms with Gasteiger partial charge in [-0.2, -0.15) is 0 Å². The monoisotopic (exact) mass is 251 g/mol. The Morgan fingerprint density at radius 2 is 1.79 bits per heavy atom. The fraction of sp³-hybridized carbons (Fsp3) is 0.125. The van der Waals surface area contributed by atoms with Crippen molar-refractivity contribution in [1.29, 1.82) is 0 Å². The zero-order valence-corrected chi connectivity index (χ0v) is 10.9. The summed E-state index contributed by atoms with van der Waals surface area (Å²) in [5.41, 5.74) is 4.71. The number of para-hydroxylation sites is 1. The van der Waals surface area contributed by atoms with Gasteiger partial charge in [0, 0.05) is 36.4 Å². The van der Waals surface area contributed by atoms with Gasteiger partial charge in [-0.05, 0) is 23.8 Å². The SMILES string of the molecule is CNc1ccc(CNc2c[nH]c3ccccc23)cc1. The molecule has 0 saturated heterocycles. The number of aromatic nitrogens is 1. The Hall–Kier alpha value is -2.42. The van der Waals surface area contributed by atoms with Gasteiger partial charge in [0.1, 0.15) is 0 Å². The van der Waals surface area contributed by atoms with Gasteiger partial charge in [-0.3, -0.25) is 0 Å². The second-order valence-electron chi connectivity index (χ2n) is 4.55. The molecule has 0 unspecified atom stereocenters. The molecule has 0 aliphatic heterocycles. The van der Waals surface area contributed by atoms with Gasteiger partial charge in [-0.15, -0.1) is 0 Å². The highest BCUT2D eigenvalue weighted by Crippen LogP contribution is 2.23. The molecule has 19 heavy (non-hydrogen) atoms. The van der Waals surface area contributed by atoms with Crippen LogP contribution in [0.3, 0.4) is 0 Å². The molecule has 96 valence electrons. The zero-order chi connectivity index (χ0) is 13.1. The van der Waals surface area contributed by atoms with Gasteiger partial charge in [-0.1, -0.05) is 30.3 Å². The zero-order valence-electron chi connectivity index (χ0n) is 10.9. The summed E-state index contributed by atoms with van der Waals surface area (Å²) < 4.78 is 0. The predicted octanol–water partition coefficient (Wildman–Crippen LogP) is 3.82. The van der Waals surface area contributed by atoms with Crippen molar-refractivity contribution in [3.8, 4) is 0 Å². The van der Waals surface area contributed by atoms with E-state index in [-0.39, 0.29) is 0 Å². The third-order valence-corrected chi connectivity index (χ3v) is 3.31. The van der Waals surface area contributed by atoms with E-state index in [2.05, 4.69) is 58.1 Å². The molecule has 0 fully saturated rings. The first-order chi connectivity index (χ1) is 9.36. The van der Waals surface area contributed by atoms with E-state index in [0.717, 1.165) is 23.4 Å². The van der Waals surface area contributed by atoms with Crippen LogP contribution in [0.1, 0.15) is 5.56 Å². The molecule has 1 aromatic heterocycles. The van der Waals surface area contributed by atoms with Crippen LogP contribution in [-0.4, -0.2) is 12.0 Å². The van der Waals surface area contributed by atoms with Crippen molar-refractivity contribution >= 4 is 22.3 Å². The van der Waals surface area contributed by atoms with E-state index in [0.29, 0.717) is 0 Å². The lowest BCUT2D eigenvalue weighted by Gasteiger charge is -2.06. The summed E-state index contributed by atoms with van der Waals surface area (Å²) in [4.78, 5) is 3.27. The second-order valence-corrected chi connectivity index (χ2v) is 4.55. The third kappa shape index (κ3) is 2.40. The van der Waals surface area contributed by atoms with E-state index in [1.54, 1.807) is 0 Å². The minimum absolute atomic E-state index is 0.825. The molecule has 0 spiro atoms. The number of benzene rings is 2. The third-order valence-electron chi connectivity index (χ3n) is 3.31. The van der Waals surface area contributed by atoms with E-state index in [1.807, 2.05) is 19.3 Å². The van der Waals surface area contributed by atoms with Crippen molar-refractivity contribution in [2.75, 3.05) is 17.7 Å². The lowest BCUT2D eigenvalue weighted by molar-refractivity contribution is 1.15. The van der Waals surface area contributed by atoms with E-state index in [9.17, 15) is 0 Å². The van der Waals surface area contributed by atoms with Crippen LogP contribution in [-0.2, 0) is 6.54 Å². The smallest absolute Gasteiger partial charge is 0.0600 e. The molecule has 3 nitrogen and oxygen atoms in total. The van der Waals surface area contributed by atoms with Crippen LogP contribution in [0.4, 0.5) is 11.4 Å². The summed E-state index contributed by atoms with van der Waals surface area (Å²) >= 11 is 0. The molecule has 3 aromatic rings. The van der Waals surface area contributed by atoms with Gasteiger partial charge in [-0.25, -0.2) is 0 Å². The Kier molecular flexibility index (Phi) is 3.11. The summed E-state index contributed by atoms with van der Waals surface area (Å²) in [6.07, 6.45) is 2.02. The Morgan fingerprint density at radius 3 is 2.58 bits per heavy atom. The van der Waals surface area contributed by atoms with Gasteiger partial charge in [0.25, 0.3) is 0 Å². The summed E-state index contributed by atoms with van der Waals surface area (Å²) in [6, 6.07) is 16.8. The molecule has 0 bridgehead atoms. The van der Waals surface area contributed by atoms with Crippen molar-refractivity contribution in [2.24, 2.45) is 0 Å². The Bertz CT molecular complexity index is 668. The molecule has 3 rings (SSSR count). The van der Waals surface area contributed by atoms with Crippen molar-refractivity contribution in [1.82, 2.24) is 4.98 Å². The molecule has 3 N–H and O–H groups in total. The number of hydrogen-bond acceptors (Lipinski definition) is 2. The Morgan fingerprint density at radius 1 is 1.00 bits per heavy atom. The lowest BCUT2D eigenvalue weighted by atomic mass is 10.2. The Labute approximate surface area is 112 Å². The topological polar surface area (TPSA) is 39.8 Å². The highest BCUT2D eigenvalue weighted by atomic mass is 14.9. The summed E-state index contributed by atoms with van der Waals surface area (Å²) in [6.45, 7) is 0.825. The highest BCUT2D eigenvalue weighted by Gasteiger charge is 2.01. The molecular weight excluding hydrogens is 234 g/mol. The molecule has 2 aromatic carbocycles. The first-order valence-corrected chi connectivity index (χ1v) is 6.43. The normalized spacial score (nSPS) is 10.6. The number of H-pyrrole nitrogens is 1. The maximum Gasteiger partial charge on any atom is 0.0600 e. The number of hydrogen-bond donors (Lipinski definition) is 3. The van der Waals surface area contributed by atoms with E-state index in [1.165, 1.54) is 10.9 Å². The average molecular weight is 251 g/mol. The molecule has 0 atom stereocenters. The largest absolute Gasteiger partial charge is 0.388 e. The van der Waals surface area contributed by atoms with Crippen molar-refractivity contribution in [3.63, 3.8) is 0 Å². The van der Waals surface area contributed by atoms with E-state index in [4.69, 9.17) is 0 Å². The molecule has 0 amide bonds. The number of aromatic amines is 1. The first kappa shape index (κ1) is 11.7. The maximum absolute atomic E-state index is 3.47. The van der Waals surface area contributed by atoms with Crippen molar-refractivity contribution in [2.45, 2.75) is 6.54 Å². The van der Waals surface area contributed by atoms with Gasteiger partial charge in [0.15, 0.2) is 0 Å². The molecule has 0 radical (unpaired) electrons. The Balaban J connectivity index is 1.74. The van der Waals surface area contributed by atoms with Crippen molar-refractivity contribution < 1.29 is 0 Å². The van der Waals surface area contributed by atoms with Gasteiger partial charge >= 0.3 is 0 Å². The minimum atomic E-state index is 0.825. The molecule has 0 aliphatic rings. The van der Waals surface area contributed by atoms with E-state index >= 15 is 0 Å². The standard InChI is InChI=1S/C16H17N3/c1-17-13-8-6-12(7-9-13)10-18-16-11-19-15-5-3-2-4-14(15)16/h2-9,11,17-19H,10H2,1H3. The van der Waals surface area contributed by atoms with Gasteiger partial charge in [0.2, 0.25) is 0 Å². The van der Waals surface area contributed by atoms with E-state index < -0.39 is 0 Å². The summed E-state index contributed by atoms with van der Waals surface area (Å²) in [5, 5.41) is 7.82. The average Bonchev–Trinajstić information content (AvgIpc) is 2.89. The number of nitrogens with one attached hydrogen (secondary N) is 3.